The van der Waals surface area contributed by atoms with E-state index >= 15 is 0 Å². The minimum atomic E-state index is -4.95. The van der Waals surface area contributed by atoms with Crippen LogP contribution in [0.15, 0.2) is 0 Å². The first kappa shape index (κ1) is 90.1. The molecule has 546 valence electrons. The Hall–Kier alpha value is -1.94. The van der Waals surface area contributed by atoms with Crippen molar-refractivity contribution in [1.82, 2.24) is 0 Å². The van der Waals surface area contributed by atoms with Gasteiger partial charge in [-0.25, -0.2) is 9.13 Å². The predicted octanol–water partition coefficient (Wildman–Crippen LogP) is 21.0. The number of phosphoric acid groups is 2. The second kappa shape index (κ2) is 63.8. The normalized spacial score (nSPS) is 14.7. The van der Waals surface area contributed by atoms with E-state index in [0.717, 1.165) is 114 Å². The molecule has 0 aliphatic heterocycles. The van der Waals surface area contributed by atoms with Crippen molar-refractivity contribution in [3.05, 3.63) is 0 Å². The van der Waals surface area contributed by atoms with Crippen LogP contribution in [0.5, 0.6) is 0 Å². The summed E-state index contributed by atoms with van der Waals surface area (Å²) < 4.78 is 68.4. The van der Waals surface area contributed by atoms with Gasteiger partial charge in [0, 0.05) is 25.7 Å². The van der Waals surface area contributed by atoms with Crippen LogP contribution < -0.4 is 0 Å². The van der Waals surface area contributed by atoms with Gasteiger partial charge in [-0.2, -0.15) is 0 Å². The highest BCUT2D eigenvalue weighted by Gasteiger charge is 2.30. The molecule has 17 nitrogen and oxygen atoms in total. The molecule has 0 aliphatic rings. The van der Waals surface area contributed by atoms with E-state index in [-0.39, 0.29) is 25.7 Å². The second-order valence-corrected chi connectivity index (χ2v) is 30.2. The van der Waals surface area contributed by atoms with Gasteiger partial charge in [-0.1, -0.05) is 318 Å². The van der Waals surface area contributed by atoms with Gasteiger partial charge in [0.1, 0.15) is 19.3 Å². The van der Waals surface area contributed by atoms with Crippen LogP contribution in [0.25, 0.3) is 0 Å². The van der Waals surface area contributed by atoms with E-state index < -0.39 is 97.5 Å². The number of esters is 4. The first-order valence-electron chi connectivity index (χ1n) is 37.9. The molecule has 4 unspecified atom stereocenters. The van der Waals surface area contributed by atoms with E-state index in [9.17, 15) is 43.2 Å². The fourth-order valence-electron chi connectivity index (χ4n) is 11.0. The van der Waals surface area contributed by atoms with Crippen LogP contribution >= 0.6 is 15.6 Å². The molecular weight excluding hydrogens is 1210 g/mol. The molecule has 0 aromatic rings. The van der Waals surface area contributed by atoms with Crippen molar-refractivity contribution in [3.8, 4) is 0 Å². The summed E-state index contributed by atoms with van der Waals surface area (Å²) in [6, 6.07) is 0. The van der Waals surface area contributed by atoms with Crippen LogP contribution in [0, 0.1) is 17.8 Å². The highest BCUT2D eigenvalue weighted by molar-refractivity contribution is 7.47. The highest BCUT2D eigenvalue weighted by atomic mass is 31.2. The van der Waals surface area contributed by atoms with E-state index in [0.29, 0.717) is 25.7 Å². The summed E-state index contributed by atoms with van der Waals surface area (Å²) in [6.07, 6.45) is 48.5. The molecular formula is C73H142O17P2. The number of hydrogen-bond donors (Lipinski definition) is 3. The summed E-state index contributed by atoms with van der Waals surface area (Å²) in [7, 11) is -9.91. The van der Waals surface area contributed by atoms with Crippen LogP contribution in [0.1, 0.15) is 370 Å². The molecule has 0 saturated carbocycles. The van der Waals surface area contributed by atoms with Gasteiger partial charge in [0.05, 0.1) is 26.4 Å². The number of ether oxygens (including phenoxy) is 4. The molecule has 7 atom stereocenters. The number of unbranched alkanes of at least 4 members (excludes halogenated alkanes) is 37. The topological polar surface area (TPSA) is 237 Å². The highest BCUT2D eigenvalue weighted by Crippen LogP contribution is 2.45. The molecule has 0 saturated heterocycles. The van der Waals surface area contributed by atoms with Gasteiger partial charge in [0.15, 0.2) is 12.2 Å². The van der Waals surface area contributed by atoms with Crippen LogP contribution in [-0.2, 0) is 65.4 Å². The first-order valence-corrected chi connectivity index (χ1v) is 40.9. The van der Waals surface area contributed by atoms with Crippen LogP contribution in [-0.4, -0.2) is 96.7 Å². The molecule has 3 N–H and O–H groups in total. The minimum Gasteiger partial charge on any atom is -0.462 e. The zero-order chi connectivity index (χ0) is 68.0. The quantitative estimate of drug-likeness (QED) is 0.0222. The van der Waals surface area contributed by atoms with Gasteiger partial charge < -0.3 is 33.8 Å². The van der Waals surface area contributed by atoms with Gasteiger partial charge in [-0.05, 0) is 43.4 Å². The lowest BCUT2D eigenvalue weighted by molar-refractivity contribution is -0.161. The third-order valence-corrected chi connectivity index (χ3v) is 19.5. The van der Waals surface area contributed by atoms with Gasteiger partial charge in [0.2, 0.25) is 0 Å². The zero-order valence-electron chi connectivity index (χ0n) is 60.0. The Morgan fingerprint density at radius 3 is 0.826 bits per heavy atom. The fraction of sp³-hybridized carbons (Fsp3) is 0.945. The number of rotatable bonds is 71. The molecule has 0 fully saturated rings. The number of aliphatic hydroxyl groups excluding tert-OH is 1. The van der Waals surface area contributed by atoms with Crippen molar-refractivity contribution in [2.45, 2.75) is 388 Å². The number of aliphatic hydroxyl groups is 1. The number of carbonyl (C=O) groups excluding carboxylic acids is 4. The summed E-state index contributed by atoms with van der Waals surface area (Å²) in [4.78, 5) is 72.7. The molecule has 0 spiro atoms. The maximum Gasteiger partial charge on any atom is 0.472 e. The van der Waals surface area contributed by atoms with Crippen molar-refractivity contribution in [2.24, 2.45) is 17.8 Å². The van der Waals surface area contributed by atoms with Gasteiger partial charge in [-0.3, -0.25) is 37.3 Å². The lowest BCUT2D eigenvalue weighted by Crippen LogP contribution is -2.30. The Balaban J connectivity index is 5.24. The Labute approximate surface area is 562 Å². The lowest BCUT2D eigenvalue weighted by Gasteiger charge is -2.21. The maximum absolute atomic E-state index is 13.1. The minimum absolute atomic E-state index is 0.106. The van der Waals surface area contributed by atoms with Crippen LogP contribution in [0.3, 0.4) is 0 Å². The fourth-order valence-corrected chi connectivity index (χ4v) is 12.6. The van der Waals surface area contributed by atoms with Gasteiger partial charge >= 0.3 is 39.5 Å². The standard InChI is InChI=1S/C73H142O17P2/c1-8-11-12-13-14-15-16-22-27-33-42-49-56-72(77)90-69(61-84-71(76)55-48-41-36-35-39-46-53-66(7)10-3)63-88-92(81,82)86-59-67(74)58-85-91(79,80)87-62-68(60-83-70(75)54-47-40-32-29-24-25-30-37-44-51-64(4)5)89-73(78)57-50-43-34-28-23-20-18-17-19-21-26-31-38-45-52-65(6)9-2/h64-69,74H,8-63H2,1-7H3,(H,79,80)(H,81,82)/t65?,66?,67-,68-,69-/m1/s1. The average Bonchev–Trinajstić information content (AvgIpc) is 3.64. The van der Waals surface area contributed by atoms with Gasteiger partial charge in [0.25, 0.3) is 0 Å². The number of carbonyl (C=O) groups is 4. The maximum atomic E-state index is 13.1. The summed E-state index contributed by atoms with van der Waals surface area (Å²) in [6.45, 7) is 11.9. The molecule has 0 heterocycles. The van der Waals surface area contributed by atoms with Crippen molar-refractivity contribution in [1.29, 1.82) is 0 Å². The zero-order valence-corrected chi connectivity index (χ0v) is 61.8. The average molecular weight is 1350 g/mol. The predicted molar refractivity (Wildman–Crippen MR) is 372 cm³/mol. The SMILES string of the molecule is CCCCCCCCCCCCCCC(=O)O[C@H](COC(=O)CCCCCCCCC(C)CC)COP(=O)(O)OC[C@H](O)COP(=O)(O)OC[C@@H](COC(=O)CCCCCCCCCCCC(C)C)OC(=O)CCCCCCCCCCCCCCCCC(C)CC. The summed E-state index contributed by atoms with van der Waals surface area (Å²) in [5.74, 6) is 0.198. The summed E-state index contributed by atoms with van der Waals surface area (Å²) >= 11 is 0. The molecule has 19 heteroatoms. The smallest absolute Gasteiger partial charge is 0.462 e. The van der Waals surface area contributed by atoms with Crippen molar-refractivity contribution < 1.29 is 80.2 Å². The number of hydrogen-bond acceptors (Lipinski definition) is 15. The van der Waals surface area contributed by atoms with E-state index in [2.05, 4.69) is 48.5 Å². The van der Waals surface area contributed by atoms with Crippen LogP contribution in [0.4, 0.5) is 0 Å². The lowest BCUT2D eigenvalue weighted by atomic mass is 9.99. The molecule has 0 aromatic carbocycles. The third-order valence-electron chi connectivity index (χ3n) is 17.6. The number of phosphoric ester groups is 2. The van der Waals surface area contributed by atoms with Gasteiger partial charge in [-0.15, -0.1) is 0 Å². The van der Waals surface area contributed by atoms with Crippen molar-refractivity contribution >= 4 is 39.5 Å². The molecule has 0 aliphatic carbocycles. The largest absolute Gasteiger partial charge is 0.472 e. The third kappa shape index (κ3) is 64.1. The van der Waals surface area contributed by atoms with E-state index in [1.165, 1.54) is 173 Å². The molecule has 92 heavy (non-hydrogen) atoms. The monoisotopic (exact) mass is 1350 g/mol. The first-order chi connectivity index (χ1) is 44.3. The van der Waals surface area contributed by atoms with Crippen LogP contribution in [0.2, 0.25) is 0 Å². The molecule has 0 bridgehead atoms. The molecule has 0 radical (unpaired) electrons. The Kier molecular flexibility index (Phi) is 62.4. The Morgan fingerprint density at radius 1 is 0.315 bits per heavy atom. The summed E-state index contributed by atoms with van der Waals surface area (Å²) in [5.41, 5.74) is 0. The Morgan fingerprint density at radius 2 is 0.554 bits per heavy atom. The van der Waals surface area contributed by atoms with E-state index in [4.69, 9.17) is 37.0 Å². The van der Waals surface area contributed by atoms with Crippen molar-refractivity contribution in [3.63, 3.8) is 0 Å². The summed E-state index contributed by atoms with van der Waals surface area (Å²) in [5, 5.41) is 10.6. The molecule has 0 aromatic heterocycles. The second-order valence-electron chi connectivity index (χ2n) is 27.3. The van der Waals surface area contributed by atoms with E-state index in [1.807, 2.05) is 0 Å². The molecule has 0 amide bonds. The molecule has 0 rings (SSSR count). The Bertz CT molecular complexity index is 1810. The van der Waals surface area contributed by atoms with E-state index in [1.54, 1.807) is 0 Å². The van der Waals surface area contributed by atoms with Crippen molar-refractivity contribution in [2.75, 3.05) is 39.6 Å².